The first-order chi connectivity index (χ1) is 12.5. The standard InChI is InChI=1S/C15H12BrNO2.C6H6O/c1-2-15(11-6-4-3-5-7-11)12-8-13(16)10-14(9-12)17(18)19;7-6-4-2-1-3-5-6/h2-10,15H,1H2;1-5,7H. The number of allylic oxidation sites excluding steroid dienone is 1. The quantitative estimate of drug-likeness (QED) is 0.322. The fourth-order valence-corrected chi connectivity index (χ4v) is 2.93. The third-order valence-corrected chi connectivity index (χ3v) is 4.08. The number of non-ortho nitro benzene ring substituents is 1. The van der Waals surface area contributed by atoms with Gasteiger partial charge >= 0.3 is 0 Å². The third kappa shape index (κ3) is 5.57. The van der Waals surface area contributed by atoms with Crippen molar-refractivity contribution in [3.05, 3.63) is 117 Å². The van der Waals surface area contributed by atoms with E-state index in [2.05, 4.69) is 22.5 Å². The van der Waals surface area contributed by atoms with Crippen LogP contribution in [-0.2, 0) is 0 Å². The van der Waals surface area contributed by atoms with Crippen LogP contribution in [0.1, 0.15) is 17.0 Å². The lowest BCUT2D eigenvalue weighted by molar-refractivity contribution is -0.385. The van der Waals surface area contributed by atoms with E-state index >= 15 is 0 Å². The van der Waals surface area contributed by atoms with E-state index in [1.165, 1.54) is 6.07 Å². The molecule has 26 heavy (non-hydrogen) atoms. The van der Waals surface area contributed by atoms with Crippen LogP contribution in [0, 0.1) is 10.1 Å². The van der Waals surface area contributed by atoms with Crippen LogP contribution in [0.15, 0.2) is 96.0 Å². The monoisotopic (exact) mass is 411 g/mol. The molecule has 3 aromatic carbocycles. The van der Waals surface area contributed by atoms with Gasteiger partial charge in [0.2, 0.25) is 0 Å². The van der Waals surface area contributed by atoms with Gasteiger partial charge in [-0.1, -0.05) is 70.5 Å². The van der Waals surface area contributed by atoms with E-state index in [1.54, 1.807) is 36.4 Å². The van der Waals surface area contributed by atoms with Crippen molar-refractivity contribution in [1.29, 1.82) is 0 Å². The number of nitro benzene ring substituents is 1. The Morgan fingerprint density at radius 3 is 2.00 bits per heavy atom. The largest absolute Gasteiger partial charge is 0.508 e. The zero-order chi connectivity index (χ0) is 18.9. The van der Waals surface area contributed by atoms with E-state index in [-0.39, 0.29) is 16.5 Å². The third-order valence-electron chi connectivity index (χ3n) is 3.63. The Morgan fingerprint density at radius 2 is 1.54 bits per heavy atom. The molecule has 1 N–H and O–H groups in total. The van der Waals surface area contributed by atoms with Crippen LogP contribution < -0.4 is 0 Å². The van der Waals surface area contributed by atoms with Gasteiger partial charge < -0.3 is 5.11 Å². The lowest BCUT2D eigenvalue weighted by Crippen LogP contribution is -1.99. The van der Waals surface area contributed by atoms with Gasteiger partial charge in [0.1, 0.15) is 5.75 Å². The minimum absolute atomic E-state index is 0.0580. The van der Waals surface area contributed by atoms with Gasteiger partial charge in [-0.15, -0.1) is 6.58 Å². The fraction of sp³-hybridized carbons (Fsp3) is 0.0476. The Kier molecular flexibility index (Phi) is 7.12. The first kappa shape index (κ1) is 19.4. The van der Waals surface area contributed by atoms with E-state index in [1.807, 2.05) is 42.5 Å². The van der Waals surface area contributed by atoms with Gasteiger partial charge in [-0.25, -0.2) is 0 Å². The molecule has 132 valence electrons. The first-order valence-electron chi connectivity index (χ1n) is 7.87. The molecule has 1 atom stereocenters. The van der Waals surface area contributed by atoms with Gasteiger partial charge in [-0.2, -0.15) is 0 Å². The highest BCUT2D eigenvalue weighted by Crippen LogP contribution is 2.31. The fourth-order valence-electron chi connectivity index (χ4n) is 2.43. The molecule has 0 saturated carbocycles. The molecule has 5 heteroatoms. The molecule has 0 fully saturated rings. The Hall–Kier alpha value is -2.92. The number of benzene rings is 3. The van der Waals surface area contributed by atoms with E-state index in [0.717, 1.165) is 11.1 Å². The predicted molar refractivity (Wildman–Crippen MR) is 107 cm³/mol. The molecule has 0 aromatic heterocycles. The number of aromatic hydroxyl groups is 1. The summed E-state index contributed by atoms with van der Waals surface area (Å²) in [5.74, 6) is 0.264. The number of phenolic OH excluding ortho intramolecular Hbond substituents is 1. The van der Waals surface area contributed by atoms with E-state index in [0.29, 0.717) is 10.2 Å². The minimum Gasteiger partial charge on any atom is -0.508 e. The van der Waals surface area contributed by atoms with Crippen LogP contribution in [-0.4, -0.2) is 10.0 Å². The summed E-state index contributed by atoms with van der Waals surface area (Å²) in [4.78, 5) is 10.5. The Labute approximate surface area is 160 Å². The molecule has 1 unspecified atom stereocenters. The number of nitro groups is 1. The average molecular weight is 412 g/mol. The van der Waals surface area contributed by atoms with Crippen LogP contribution in [0.4, 0.5) is 5.69 Å². The Balaban J connectivity index is 0.000000290. The highest BCUT2D eigenvalue weighted by molar-refractivity contribution is 9.10. The molecule has 0 radical (unpaired) electrons. The normalized spacial score (nSPS) is 11.0. The van der Waals surface area contributed by atoms with Crippen molar-refractivity contribution in [3.8, 4) is 5.75 Å². The molecule has 3 rings (SSSR count). The summed E-state index contributed by atoms with van der Waals surface area (Å²) >= 11 is 3.31. The lowest BCUT2D eigenvalue weighted by atomic mass is 9.91. The molecule has 0 heterocycles. The van der Waals surface area contributed by atoms with Crippen molar-refractivity contribution in [2.24, 2.45) is 0 Å². The van der Waals surface area contributed by atoms with Crippen molar-refractivity contribution >= 4 is 21.6 Å². The second-order valence-electron chi connectivity index (χ2n) is 5.46. The number of hydrogen-bond donors (Lipinski definition) is 1. The van der Waals surface area contributed by atoms with Crippen LogP contribution in [0.3, 0.4) is 0 Å². The topological polar surface area (TPSA) is 63.4 Å². The van der Waals surface area contributed by atoms with Crippen molar-refractivity contribution in [1.82, 2.24) is 0 Å². The van der Waals surface area contributed by atoms with Crippen molar-refractivity contribution in [3.63, 3.8) is 0 Å². The van der Waals surface area contributed by atoms with Gasteiger partial charge in [-0.05, 0) is 29.3 Å². The van der Waals surface area contributed by atoms with Crippen LogP contribution in [0.5, 0.6) is 5.75 Å². The number of halogens is 1. The summed E-state index contributed by atoms with van der Waals surface area (Å²) in [6.45, 7) is 3.83. The highest BCUT2D eigenvalue weighted by atomic mass is 79.9. The molecule has 0 bridgehead atoms. The van der Waals surface area contributed by atoms with Gasteiger partial charge in [0, 0.05) is 22.5 Å². The number of rotatable bonds is 4. The SMILES string of the molecule is C=CC(c1ccccc1)c1cc(Br)cc([N+](=O)[O-])c1.Oc1ccccc1. The predicted octanol–water partition coefficient (Wildman–Crippen LogP) is 6.07. The molecule has 3 aromatic rings. The molecular weight excluding hydrogens is 394 g/mol. The lowest BCUT2D eigenvalue weighted by Gasteiger charge is -2.13. The summed E-state index contributed by atoms with van der Waals surface area (Å²) in [5.41, 5.74) is 1.99. The smallest absolute Gasteiger partial charge is 0.270 e. The summed E-state index contributed by atoms with van der Waals surface area (Å²) in [7, 11) is 0. The number of para-hydroxylation sites is 1. The maximum absolute atomic E-state index is 10.9. The number of phenols is 1. The van der Waals surface area contributed by atoms with Crippen molar-refractivity contribution in [2.75, 3.05) is 0 Å². The summed E-state index contributed by atoms with van der Waals surface area (Å²) < 4.78 is 0.694. The Bertz CT molecular complexity index is 867. The van der Waals surface area contributed by atoms with Gasteiger partial charge in [0.25, 0.3) is 5.69 Å². The van der Waals surface area contributed by atoms with Crippen molar-refractivity contribution in [2.45, 2.75) is 5.92 Å². The second kappa shape index (κ2) is 9.53. The van der Waals surface area contributed by atoms with E-state index < -0.39 is 0 Å². The van der Waals surface area contributed by atoms with Gasteiger partial charge in [-0.3, -0.25) is 10.1 Å². The summed E-state index contributed by atoms with van der Waals surface area (Å²) in [5, 5.41) is 19.5. The molecule has 4 nitrogen and oxygen atoms in total. The molecule has 0 saturated heterocycles. The maximum atomic E-state index is 10.9. The maximum Gasteiger partial charge on any atom is 0.270 e. The molecule has 0 aliphatic carbocycles. The molecular formula is C21H18BrNO3. The highest BCUT2D eigenvalue weighted by Gasteiger charge is 2.15. The first-order valence-corrected chi connectivity index (χ1v) is 8.67. The summed E-state index contributed by atoms with van der Waals surface area (Å²) in [6, 6.07) is 23.5. The summed E-state index contributed by atoms with van der Waals surface area (Å²) in [6.07, 6.45) is 1.79. The number of nitrogens with zero attached hydrogens (tertiary/aromatic N) is 1. The number of hydrogen-bond acceptors (Lipinski definition) is 3. The molecule has 0 aliphatic rings. The molecule has 0 aliphatic heterocycles. The minimum atomic E-state index is -0.389. The zero-order valence-corrected chi connectivity index (χ0v) is 15.5. The van der Waals surface area contributed by atoms with Gasteiger partial charge in [0.15, 0.2) is 0 Å². The molecule has 0 spiro atoms. The second-order valence-corrected chi connectivity index (χ2v) is 6.38. The van der Waals surface area contributed by atoms with E-state index in [9.17, 15) is 10.1 Å². The van der Waals surface area contributed by atoms with Gasteiger partial charge in [0.05, 0.1) is 4.92 Å². The van der Waals surface area contributed by atoms with Crippen LogP contribution in [0.25, 0.3) is 0 Å². The zero-order valence-electron chi connectivity index (χ0n) is 14.0. The van der Waals surface area contributed by atoms with Crippen LogP contribution >= 0.6 is 15.9 Å². The average Bonchev–Trinajstić information content (AvgIpc) is 2.64. The molecule has 0 amide bonds. The van der Waals surface area contributed by atoms with Crippen LogP contribution in [0.2, 0.25) is 0 Å². The van der Waals surface area contributed by atoms with E-state index in [4.69, 9.17) is 5.11 Å². The Morgan fingerprint density at radius 1 is 0.962 bits per heavy atom. The van der Waals surface area contributed by atoms with Crippen molar-refractivity contribution < 1.29 is 10.0 Å².